The Kier molecular flexibility index (Phi) is 4.85. The van der Waals surface area contributed by atoms with Crippen molar-refractivity contribution in [3.63, 3.8) is 0 Å². The van der Waals surface area contributed by atoms with Gasteiger partial charge in [-0.15, -0.1) is 11.3 Å². The molecular weight excluding hydrogens is 278 g/mol. The fraction of sp³-hybridized carbons (Fsp3) is 0.824. The maximum atomic E-state index is 5.01. The van der Waals surface area contributed by atoms with Crippen LogP contribution in [0.25, 0.3) is 0 Å². The van der Waals surface area contributed by atoms with Gasteiger partial charge in [0.15, 0.2) is 5.13 Å². The smallest absolute Gasteiger partial charge is 0.185 e. The number of anilines is 1. The van der Waals surface area contributed by atoms with E-state index < -0.39 is 0 Å². The summed E-state index contributed by atoms with van der Waals surface area (Å²) < 4.78 is 0. The lowest BCUT2D eigenvalue weighted by Gasteiger charge is -2.34. The van der Waals surface area contributed by atoms with Gasteiger partial charge in [0.2, 0.25) is 0 Å². The Labute approximate surface area is 133 Å². The van der Waals surface area contributed by atoms with Crippen molar-refractivity contribution in [3.8, 4) is 0 Å². The van der Waals surface area contributed by atoms with E-state index in [9.17, 15) is 0 Å². The molecule has 4 heteroatoms. The predicted molar refractivity (Wildman–Crippen MR) is 91.3 cm³/mol. The van der Waals surface area contributed by atoms with Crippen LogP contribution < -0.4 is 10.2 Å². The molecule has 0 bridgehead atoms. The number of hydrogen-bond acceptors (Lipinski definition) is 4. The highest BCUT2D eigenvalue weighted by atomic mass is 32.1. The van der Waals surface area contributed by atoms with Crippen molar-refractivity contribution in [2.24, 2.45) is 5.92 Å². The lowest BCUT2D eigenvalue weighted by molar-refractivity contribution is 0.313. The van der Waals surface area contributed by atoms with Crippen LogP contribution in [0.5, 0.6) is 0 Å². The van der Waals surface area contributed by atoms with E-state index in [4.69, 9.17) is 4.98 Å². The van der Waals surface area contributed by atoms with E-state index in [0.29, 0.717) is 6.04 Å². The highest BCUT2D eigenvalue weighted by Crippen LogP contribution is 2.44. The molecule has 3 rings (SSSR count). The fourth-order valence-corrected chi connectivity index (χ4v) is 4.75. The molecule has 2 aliphatic rings. The molecule has 2 fully saturated rings. The number of nitrogens with zero attached hydrogens (tertiary/aromatic N) is 2. The molecule has 1 aromatic heterocycles. The molecule has 0 saturated heterocycles. The topological polar surface area (TPSA) is 28.2 Å². The number of hydrogen-bond donors (Lipinski definition) is 1. The summed E-state index contributed by atoms with van der Waals surface area (Å²) in [5.74, 6) is 1.72. The molecule has 1 aromatic rings. The zero-order valence-corrected chi connectivity index (χ0v) is 14.5. The first-order chi connectivity index (χ1) is 10.2. The molecule has 2 saturated carbocycles. The molecule has 118 valence electrons. The molecule has 0 amide bonds. The van der Waals surface area contributed by atoms with Gasteiger partial charge in [-0.3, -0.25) is 0 Å². The van der Waals surface area contributed by atoms with Crippen LogP contribution in [-0.2, 0) is 6.54 Å². The van der Waals surface area contributed by atoms with Gasteiger partial charge >= 0.3 is 0 Å². The van der Waals surface area contributed by atoms with Crippen molar-refractivity contribution in [3.05, 3.63) is 10.6 Å². The van der Waals surface area contributed by atoms with Crippen LogP contribution in [0.3, 0.4) is 0 Å². The molecule has 0 unspecified atom stereocenters. The maximum absolute atomic E-state index is 5.01. The number of thiazole rings is 1. The largest absolute Gasteiger partial charge is 0.348 e. The Balaban J connectivity index is 1.69. The lowest BCUT2D eigenvalue weighted by Crippen LogP contribution is -2.35. The minimum Gasteiger partial charge on any atom is -0.348 e. The van der Waals surface area contributed by atoms with Crippen LogP contribution in [0.4, 0.5) is 5.13 Å². The van der Waals surface area contributed by atoms with Gasteiger partial charge < -0.3 is 10.2 Å². The third-order valence-corrected chi connectivity index (χ3v) is 6.42. The minimum atomic E-state index is 0.702. The Morgan fingerprint density at radius 1 is 1.19 bits per heavy atom. The summed E-state index contributed by atoms with van der Waals surface area (Å²) in [5.41, 5.74) is 1.39. The van der Waals surface area contributed by atoms with Gasteiger partial charge in [-0.25, -0.2) is 4.98 Å². The van der Waals surface area contributed by atoms with Crippen molar-refractivity contribution in [2.75, 3.05) is 19.0 Å². The van der Waals surface area contributed by atoms with Crippen LogP contribution in [0, 0.1) is 5.92 Å². The van der Waals surface area contributed by atoms with Crippen molar-refractivity contribution >= 4 is 16.5 Å². The van der Waals surface area contributed by atoms with Gasteiger partial charge in [0, 0.05) is 30.4 Å². The molecule has 1 N–H and O–H groups in total. The first-order valence-electron chi connectivity index (χ1n) is 8.60. The van der Waals surface area contributed by atoms with Gasteiger partial charge in [0.1, 0.15) is 0 Å². The molecule has 0 aromatic carbocycles. The summed E-state index contributed by atoms with van der Waals surface area (Å²) in [7, 11) is 4.29. The fourth-order valence-electron chi connectivity index (χ4n) is 3.56. The molecule has 3 nitrogen and oxygen atoms in total. The maximum Gasteiger partial charge on any atom is 0.185 e. The number of nitrogens with one attached hydrogen (secondary N) is 1. The summed E-state index contributed by atoms with van der Waals surface area (Å²) in [6.45, 7) is 3.31. The zero-order valence-electron chi connectivity index (χ0n) is 13.7. The zero-order chi connectivity index (χ0) is 14.8. The average Bonchev–Trinajstić information content (AvgIpc) is 3.28. The summed E-state index contributed by atoms with van der Waals surface area (Å²) >= 11 is 1.91. The van der Waals surface area contributed by atoms with E-state index >= 15 is 0 Å². The van der Waals surface area contributed by atoms with Crippen molar-refractivity contribution < 1.29 is 0 Å². The Morgan fingerprint density at radius 2 is 1.90 bits per heavy atom. The van der Waals surface area contributed by atoms with Gasteiger partial charge in [0.05, 0.1) is 5.69 Å². The first-order valence-corrected chi connectivity index (χ1v) is 9.41. The van der Waals surface area contributed by atoms with Crippen LogP contribution in [0.15, 0.2) is 0 Å². The molecule has 21 heavy (non-hydrogen) atoms. The molecule has 1 heterocycles. The van der Waals surface area contributed by atoms with Crippen molar-refractivity contribution in [1.82, 2.24) is 10.3 Å². The Bertz CT molecular complexity index is 459. The van der Waals surface area contributed by atoms with E-state index in [1.807, 2.05) is 18.4 Å². The van der Waals surface area contributed by atoms with Crippen LogP contribution >= 0.6 is 11.3 Å². The summed E-state index contributed by atoms with van der Waals surface area (Å²) in [5, 5.41) is 4.56. The first kappa shape index (κ1) is 15.3. The molecule has 0 atom stereocenters. The van der Waals surface area contributed by atoms with E-state index in [1.54, 1.807) is 0 Å². The second-order valence-corrected chi connectivity index (χ2v) is 7.87. The van der Waals surface area contributed by atoms with Gasteiger partial charge in [-0.05, 0) is 51.5 Å². The SMILES string of the molecule is CCC1CCC(N(C)c2nc(C3CC3)c(CNC)s2)CC1. The quantitative estimate of drug-likeness (QED) is 0.856. The standard InChI is InChI=1S/C17H29N3S/c1-4-12-5-9-14(10-6-12)20(3)17-19-16(13-7-8-13)15(21-17)11-18-2/h12-14,18H,4-11H2,1-3H3. The highest BCUT2D eigenvalue weighted by Gasteiger charge is 2.31. The van der Waals surface area contributed by atoms with Crippen molar-refractivity contribution in [1.29, 1.82) is 0 Å². The summed E-state index contributed by atoms with van der Waals surface area (Å²) in [6, 6.07) is 0.702. The monoisotopic (exact) mass is 307 g/mol. The van der Waals surface area contributed by atoms with Gasteiger partial charge in [-0.1, -0.05) is 13.3 Å². The van der Waals surface area contributed by atoms with E-state index in [0.717, 1.165) is 18.4 Å². The van der Waals surface area contributed by atoms with Crippen molar-refractivity contribution in [2.45, 2.75) is 70.4 Å². The van der Waals surface area contributed by atoms with Crippen LogP contribution in [-0.4, -0.2) is 25.1 Å². The summed E-state index contributed by atoms with van der Waals surface area (Å²) in [6.07, 6.45) is 9.51. The third-order valence-electron chi connectivity index (χ3n) is 5.26. The lowest BCUT2D eigenvalue weighted by atomic mass is 9.84. The molecule has 0 aliphatic heterocycles. The van der Waals surface area contributed by atoms with E-state index in [-0.39, 0.29) is 0 Å². The third kappa shape index (κ3) is 3.42. The second kappa shape index (κ2) is 6.66. The highest BCUT2D eigenvalue weighted by molar-refractivity contribution is 7.15. The molecule has 0 radical (unpaired) electrons. The van der Waals surface area contributed by atoms with Crippen LogP contribution in [0.2, 0.25) is 0 Å². The number of aromatic nitrogens is 1. The predicted octanol–water partition coefficient (Wildman–Crippen LogP) is 4.14. The average molecular weight is 308 g/mol. The normalized spacial score (nSPS) is 26.0. The molecule has 0 spiro atoms. The van der Waals surface area contributed by atoms with Crippen LogP contribution in [0.1, 0.15) is 68.4 Å². The minimum absolute atomic E-state index is 0.702. The molecular formula is C17H29N3S. The number of rotatable bonds is 6. The Morgan fingerprint density at radius 3 is 2.48 bits per heavy atom. The van der Waals surface area contributed by atoms with Gasteiger partial charge in [-0.2, -0.15) is 0 Å². The van der Waals surface area contributed by atoms with E-state index in [1.165, 1.54) is 60.6 Å². The molecule has 2 aliphatic carbocycles. The summed E-state index contributed by atoms with van der Waals surface area (Å²) in [4.78, 5) is 8.95. The van der Waals surface area contributed by atoms with E-state index in [2.05, 4.69) is 24.2 Å². The second-order valence-electron chi connectivity index (χ2n) is 6.80. The van der Waals surface area contributed by atoms with Gasteiger partial charge in [0.25, 0.3) is 0 Å². The Hall–Kier alpha value is -0.610.